The van der Waals surface area contributed by atoms with Crippen molar-refractivity contribution >= 4 is 11.6 Å². The zero-order chi connectivity index (χ0) is 22.2. The molecule has 2 heterocycles. The Labute approximate surface area is 180 Å². The Bertz CT molecular complexity index is 874. The van der Waals surface area contributed by atoms with Gasteiger partial charge in [-0.05, 0) is 19.4 Å². The molecule has 0 atom stereocenters. The summed E-state index contributed by atoms with van der Waals surface area (Å²) < 4.78 is 12.6. The molecule has 0 bridgehead atoms. The third kappa shape index (κ3) is 6.29. The van der Waals surface area contributed by atoms with Crippen LogP contribution in [0.2, 0.25) is 0 Å². The van der Waals surface area contributed by atoms with Gasteiger partial charge in [0.15, 0.2) is 12.0 Å². The van der Waals surface area contributed by atoms with E-state index in [1.54, 1.807) is 27.9 Å². The molecule has 3 rings (SSSR count). The van der Waals surface area contributed by atoms with Crippen LogP contribution < -0.4 is 0 Å². The number of amides is 1. The van der Waals surface area contributed by atoms with Crippen molar-refractivity contribution in [3.8, 4) is 0 Å². The molecule has 11 nitrogen and oxygen atoms in total. The second-order valence-corrected chi connectivity index (χ2v) is 7.16. The fourth-order valence-electron chi connectivity index (χ4n) is 3.46. The van der Waals surface area contributed by atoms with Crippen molar-refractivity contribution < 1.29 is 19.2 Å². The maximum Gasteiger partial charge on any atom is 0.276 e. The molecular weight excluding hydrogens is 404 g/mol. The number of rotatable bonds is 10. The Morgan fingerprint density at radius 1 is 1.19 bits per heavy atom. The van der Waals surface area contributed by atoms with Crippen LogP contribution >= 0.6 is 0 Å². The van der Waals surface area contributed by atoms with Gasteiger partial charge >= 0.3 is 0 Å². The van der Waals surface area contributed by atoms with Crippen LogP contribution in [-0.2, 0) is 22.6 Å². The van der Waals surface area contributed by atoms with Gasteiger partial charge in [0, 0.05) is 58.1 Å². The first-order valence-corrected chi connectivity index (χ1v) is 10.4. The number of hydrogen-bond acceptors (Lipinski definition) is 8. The van der Waals surface area contributed by atoms with Crippen molar-refractivity contribution in [1.29, 1.82) is 0 Å². The van der Waals surface area contributed by atoms with E-state index in [0.717, 1.165) is 5.56 Å². The monoisotopic (exact) mass is 432 g/mol. The van der Waals surface area contributed by atoms with Crippen molar-refractivity contribution in [2.24, 2.45) is 0 Å². The number of piperazine rings is 1. The number of nitro groups is 1. The molecule has 1 aromatic carbocycles. The van der Waals surface area contributed by atoms with E-state index in [2.05, 4.69) is 15.2 Å². The third-order valence-electron chi connectivity index (χ3n) is 4.99. The van der Waals surface area contributed by atoms with E-state index >= 15 is 0 Å². The van der Waals surface area contributed by atoms with E-state index in [9.17, 15) is 14.9 Å². The fourth-order valence-corrected chi connectivity index (χ4v) is 3.46. The van der Waals surface area contributed by atoms with Gasteiger partial charge in [0.25, 0.3) is 11.6 Å². The van der Waals surface area contributed by atoms with E-state index in [1.165, 1.54) is 6.07 Å². The largest absolute Gasteiger partial charge is 0.351 e. The van der Waals surface area contributed by atoms with E-state index in [0.29, 0.717) is 58.2 Å². The van der Waals surface area contributed by atoms with E-state index in [4.69, 9.17) is 9.47 Å². The third-order valence-corrected chi connectivity index (χ3v) is 4.99. The number of benzene rings is 1. The van der Waals surface area contributed by atoms with Crippen LogP contribution in [0.1, 0.15) is 29.9 Å². The summed E-state index contributed by atoms with van der Waals surface area (Å²) in [4.78, 5) is 27.3. The van der Waals surface area contributed by atoms with Gasteiger partial charge in [0.1, 0.15) is 0 Å². The standard InChI is InChI=1S/C20H28N6O5/c1-3-30-19(31-4-2)15-25-14-18(21-22-25)20(27)24-10-8-23(9-11-24)13-16-6-5-7-17(12-16)26(28)29/h5-7,12,14,19H,3-4,8-11,13,15H2,1-2H3. The molecule has 0 spiro atoms. The highest BCUT2D eigenvalue weighted by Gasteiger charge is 2.25. The summed E-state index contributed by atoms with van der Waals surface area (Å²) in [5.41, 5.74) is 1.26. The molecule has 1 aliphatic heterocycles. The molecule has 1 fully saturated rings. The minimum absolute atomic E-state index is 0.0883. The fraction of sp³-hybridized carbons (Fsp3) is 0.550. The molecular formula is C20H28N6O5. The van der Waals surface area contributed by atoms with Crippen molar-refractivity contribution in [2.45, 2.75) is 33.2 Å². The van der Waals surface area contributed by atoms with Crippen molar-refractivity contribution in [2.75, 3.05) is 39.4 Å². The lowest BCUT2D eigenvalue weighted by Gasteiger charge is -2.34. The molecule has 1 aromatic heterocycles. The van der Waals surface area contributed by atoms with Crippen molar-refractivity contribution in [1.82, 2.24) is 24.8 Å². The van der Waals surface area contributed by atoms with Gasteiger partial charge in [0.2, 0.25) is 0 Å². The van der Waals surface area contributed by atoms with Crippen LogP contribution in [0.3, 0.4) is 0 Å². The average molecular weight is 432 g/mol. The first-order chi connectivity index (χ1) is 15.0. The molecule has 1 saturated heterocycles. The predicted octanol–water partition coefficient (Wildman–Crippen LogP) is 1.54. The predicted molar refractivity (Wildman–Crippen MR) is 111 cm³/mol. The summed E-state index contributed by atoms with van der Waals surface area (Å²) in [5.74, 6) is -0.161. The molecule has 1 aliphatic rings. The Hall–Kier alpha value is -2.89. The smallest absolute Gasteiger partial charge is 0.276 e. The molecule has 0 radical (unpaired) electrons. The first-order valence-electron chi connectivity index (χ1n) is 10.4. The van der Waals surface area contributed by atoms with Gasteiger partial charge in [0.05, 0.1) is 17.7 Å². The lowest BCUT2D eigenvalue weighted by Crippen LogP contribution is -2.48. The Morgan fingerprint density at radius 2 is 1.90 bits per heavy atom. The maximum atomic E-state index is 12.8. The summed E-state index contributed by atoms with van der Waals surface area (Å²) in [6, 6.07) is 6.64. The average Bonchev–Trinajstić information content (AvgIpc) is 3.23. The maximum absolute atomic E-state index is 12.8. The lowest BCUT2D eigenvalue weighted by atomic mass is 10.1. The Kier molecular flexibility index (Phi) is 8.04. The number of nitrogens with zero attached hydrogens (tertiary/aromatic N) is 6. The number of carbonyl (C=O) groups is 1. The van der Waals surface area contributed by atoms with Crippen LogP contribution in [-0.4, -0.2) is 81.3 Å². The first kappa shape index (κ1) is 22.8. The minimum atomic E-state index is -0.433. The molecule has 11 heteroatoms. The molecule has 0 N–H and O–H groups in total. The highest BCUT2D eigenvalue weighted by molar-refractivity contribution is 5.92. The van der Waals surface area contributed by atoms with Gasteiger partial charge < -0.3 is 14.4 Å². The van der Waals surface area contributed by atoms with Crippen LogP contribution in [0.25, 0.3) is 0 Å². The number of hydrogen-bond donors (Lipinski definition) is 0. The number of carbonyl (C=O) groups excluding carboxylic acids is 1. The van der Waals surface area contributed by atoms with E-state index in [1.807, 2.05) is 19.9 Å². The molecule has 0 saturated carbocycles. The Morgan fingerprint density at radius 3 is 2.55 bits per heavy atom. The molecule has 0 unspecified atom stereocenters. The van der Waals surface area contributed by atoms with Crippen molar-refractivity contribution in [3.05, 3.63) is 51.8 Å². The normalized spacial score (nSPS) is 14.9. The quantitative estimate of drug-likeness (QED) is 0.315. The highest BCUT2D eigenvalue weighted by atomic mass is 16.7. The molecule has 2 aromatic rings. The van der Waals surface area contributed by atoms with Gasteiger partial charge in [-0.2, -0.15) is 0 Å². The van der Waals surface area contributed by atoms with Crippen LogP contribution in [0.4, 0.5) is 5.69 Å². The second kappa shape index (κ2) is 10.9. The zero-order valence-electron chi connectivity index (χ0n) is 17.8. The highest BCUT2D eigenvalue weighted by Crippen LogP contribution is 2.16. The van der Waals surface area contributed by atoms with Gasteiger partial charge in [-0.1, -0.05) is 17.3 Å². The molecule has 168 valence electrons. The number of non-ortho nitro benzene ring substituents is 1. The van der Waals surface area contributed by atoms with E-state index < -0.39 is 11.2 Å². The Balaban J connectivity index is 1.52. The van der Waals surface area contributed by atoms with Crippen LogP contribution in [0.15, 0.2) is 30.5 Å². The summed E-state index contributed by atoms with van der Waals surface area (Å²) in [5, 5.41) is 19.0. The summed E-state index contributed by atoms with van der Waals surface area (Å²) in [7, 11) is 0. The second-order valence-electron chi connectivity index (χ2n) is 7.16. The summed E-state index contributed by atoms with van der Waals surface area (Å²) >= 11 is 0. The summed E-state index contributed by atoms with van der Waals surface area (Å²) in [6.07, 6.45) is 1.18. The number of aromatic nitrogens is 3. The molecule has 1 amide bonds. The number of nitro benzene ring substituents is 1. The lowest BCUT2D eigenvalue weighted by molar-refractivity contribution is -0.384. The van der Waals surface area contributed by atoms with Gasteiger partial charge in [-0.15, -0.1) is 5.10 Å². The van der Waals surface area contributed by atoms with Gasteiger partial charge in [-0.3, -0.25) is 19.8 Å². The van der Waals surface area contributed by atoms with Crippen LogP contribution in [0, 0.1) is 10.1 Å². The van der Waals surface area contributed by atoms with Crippen molar-refractivity contribution in [3.63, 3.8) is 0 Å². The van der Waals surface area contributed by atoms with E-state index in [-0.39, 0.29) is 11.6 Å². The zero-order valence-corrected chi connectivity index (χ0v) is 17.8. The minimum Gasteiger partial charge on any atom is -0.351 e. The number of ether oxygens (including phenoxy) is 2. The SMILES string of the molecule is CCOC(Cn1cc(C(=O)N2CCN(Cc3cccc([N+](=O)[O-])c3)CC2)nn1)OCC. The molecule has 31 heavy (non-hydrogen) atoms. The topological polar surface area (TPSA) is 116 Å². The van der Waals surface area contributed by atoms with Gasteiger partial charge in [-0.25, -0.2) is 4.68 Å². The summed E-state index contributed by atoms with van der Waals surface area (Å²) in [6.45, 7) is 8.26. The van der Waals surface area contributed by atoms with Crippen LogP contribution in [0.5, 0.6) is 0 Å². The molecule has 0 aliphatic carbocycles.